The molecule has 3 heterocycles. The fraction of sp³-hybridized carbons (Fsp3) is 0.172. The van der Waals surface area contributed by atoms with Crippen molar-refractivity contribution >= 4 is 77.7 Å². The molecule has 42 heavy (non-hydrogen) atoms. The Kier molecular flexibility index (Phi) is 13.5. The van der Waals surface area contributed by atoms with Crippen LogP contribution in [0.25, 0.3) is 0 Å². The van der Waals surface area contributed by atoms with Crippen LogP contribution < -0.4 is 4.74 Å². The summed E-state index contributed by atoms with van der Waals surface area (Å²) in [6.45, 7) is 0.533. The zero-order valence-electron chi connectivity index (χ0n) is 21.7. The number of pyridine rings is 2. The van der Waals surface area contributed by atoms with Gasteiger partial charge in [0.2, 0.25) is 0 Å². The first-order valence-corrected chi connectivity index (χ1v) is 15.8. The molecule has 1 aliphatic rings. The van der Waals surface area contributed by atoms with Gasteiger partial charge in [0.25, 0.3) is 5.91 Å². The monoisotopic (exact) mass is 835 g/mol. The molecule has 0 unspecified atom stereocenters. The second-order valence-electron chi connectivity index (χ2n) is 8.58. The smallest absolute Gasteiger partial charge is 0.260 e. The van der Waals surface area contributed by atoms with Crippen LogP contribution in [0.3, 0.4) is 0 Å². The average molecular weight is 838 g/mol. The predicted octanol–water partition coefficient (Wildman–Crippen LogP) is 8.10. The molecular formula is C29H23Br2ClF2IN3O4. The van der Waals surface area contributed by atoms with Gasteiger partial charge >= 0.3 is 0 Å². The molecule has 1 N–H and O–H groups in total. The lowest BCUT2D eigenvalue weighted by Gasteiger charge is -2.28. The van der Waals surface area contributed by atoms with E-state index in [9.17, 15) is 23.5 Å². The SMILES string of the molecule is ClCI.O=C(CCc1ccc(F)cc1)c1cc(Br)ncc1O.O=C1c2cc(Br)ncc2OCN1Cc1ccc(F)cc1. The Morgan fingerprint density at radius 2 is 1.52 bits per heavy atom. The largest absolute Gasteiger partial charge is 0.506 e. The zero-order valence-corrected chi connectivity index (χ0v) is 27.8. The Morgan fingerprint density at radius 1 is 0.976 bits per heavy atom. The molecule has 0 saturated carbocycles. The van der Waals surface area contributed by atoms with Crippen LogP contribution in [-0.4, -0.2) is 42.3 Å². The van der Waals surface area contributed by atoms with E-state index >= 15 is 0 Å². The molecule has 0 fully saturated rings. The summed E-state index contributed by atoms with van der Waals surface area (Å²) in [6, 6.07) is 15.2. The highest BCUT2D eigenvalue weighted by atomic mass is 127. The summed E-state index contributed by atoms with van der Waals surface area (Å²) < 4.78 is 32.9. The van der Waals surface area contributed by atoms with Crippen molar-refractivity contribution in [1.29, 1.82) is 0 Å². The molecule has 0 atom stereocenters. The number of benzene rings is 2. The van der Waals surface area contributed by atoms with Crippen LogP contribution in [0.15, 0.2) is 82.3 Å². The molecule has 0 spiro atoms. The number of fused-ring (bicyclic) bond motifs is 1. The highest BCUT2D eigenvalue weighted by molar-refractivity contribution is 14.1. The maximum atomic E-state index is 12.9. The third-order valence-electron chi connectivity index (χ3n) is 5.72. The summed E-state index contributed by atoms with van der Waals surface area (Å²) in [4.78, 5) is 33.7. The number of rotatable bonds is 6. The second-order valence-corrected chi connectivity index (χ2v) is 12.1. The minimum Gasteiger partial charge on any atom is -0.506 e. The quantitative estimate of drug-likeness (QED) is 0.0915. The molecule has 5 rings (SSSR count). The number of nitrogens with zero attached hydrogens (tertiary/aromatic N) is 3. The van der Waals surface area contributed by atoms with Crippen LogP contribution in [0, 0.1) is 11.6 Å². The third kappa shape index (κ3) is 10.2. The minimum atomic E-state index is -0.300. The van der Waals surface area contributed by atoms with E-state index < -0.39 is 0 Å². The maximum Gasteiger partial charge on any atom is 0.260 e. The fourth-order valence-electron chi connectivity index (χ4n) is 3.69. The van der Waals surface area contributed by atoms with Crippen LogP contribution in [0.4, 0.5) is 8.78 Å². The van der Waals surface area contributed by atoms with Gasteiger partial charge in [0, 0.05) is 13.0 Å². The van der Waals surface area contributed by atoms with Gasteiger partial charge in [0.1, 0.15) is 26.6 Å². The standard InChI is InChI=1S/C14H10BrFN2O2.C14H11BrFNO2.CH2ClI/c15-13-5-11-12(6-17-13)20-8-18(14(11)19)7-9-1-3-10(16)4-2-9;15-14-7-11(13(19)8-17-14)12(18)6-3-9-1-4-10(16)5-2-9;2-1-3/h1-6H,7-8H2;1-2,4-5,7-8,19H,3,6H2;1H2. The topological polar surface area (TPSA) is 92.6 Å². The van der Waals surface area contributed by atoms with Crippen molar-refractivity contribution in [3.63, 3.8) is 0 Å². The van der Waals surface area contributed by atoms with Crippen molar-refractivity contribution < 1.29 is 28.2 Å². The normalized spacial score (nSPS) is 11.8. The number of alkyl halides is 2. The Labute approximate surface area is 276 Å². The number of ether oxygens (including phenoxy) is 1. The Bertz CT molecular complexity index is 1520. The first-order chi connectivity index (χ1) is 20.1. The summed E-state index contributed by atoms with van der Waals surface area (Å²) in [5, 5.41) is 9.59. The molecule has 4 aromatic rings. The fourth-order valence-corrected chi connectivity index (χ4v) is 4.36. The number of amides is 1. The van der Waals surface area contributed by atoms with Crippen LogP contribution in [-0.2, 0) is 13.0 Å². The Balaban J connectivity index is 0.000000211. The van der Waals surface area contributed by atoms with Crippen molar-refractivity contribution in [2.75, 3.05) is 10.6 Å². The first-order valence-electron chi connectivity index (χ1n) is 12.2. The summed E-state index contributed by atoms with van der Waals surface area (Å²) in [5.41, 5.74) is 2.44. The molecule has 0 saturated heterocycles. The maximum absolute atomic E-state index is 12.9. The van der Waals surface area contributed by atoms with Gasteiger partial charge in [-0.15, -0.1) is 11.6 Å². The molecule has 2 aromatic heterocycles. The number of aromatic hydroxyl groups is 1. The van der Waals surface area contributed by atoms with Gasteiger partial charge in [-0.1, -0.05) is 46.9 Å². The van der Waals surface area contributed by atoms with Crippen LogP contribution >= 0.6 is 66.1 Å². The van der Waals surface area contributed by atoms with E-state index in [2.05, 4.69) is 64.4 Å². The van der Waals surface area contributed by atoms with Gasteiger partial charge in [0.15, 0.2) is 18.3 Å². The van der Waals surface area contributed by atoms with Crippen molar-refractivity contribution in [3.05, 3.63) is 116 Å². The number of Topliss-reactive ketones (excluding diaryl/α,β-unsaturated/α-hetero) is 1. The predicted molar refractivity (Wildman–Crippen MR) is 171 cm³/mol. The molecule has 0 aliphatic carbocycles. The first kappa shape index (κ1) is 33.8. The molecule has 2 aromatic carbocycles. The van der Waals surface area contributed by atoms with E-state index in [1.165, 1.54) is 42.7 Å². The van der Waals surface area contributed by atoms with Gasteiger partial charge in [-0.05, 0) is 85.8 Å². The van der Waals surface area contributed by atoms with Crippen molar-refractivity contribution in [2.45, 2.75) is 19.4 Å². The number of carbonyl (C=O) groups excluding carboxylic acids is 2. The van der Waals surface area contributed by atoms with Gasteiger partial charge in [0.05, 0.1) is 27.4 Å². The van der Waals surface area contributed by atoms with E-state index in [1.54, 1.807) is 35.2 Å². The van der Waals surface area contributed by atoms with Crippen LogP contribution in [0.1, 0.15) is 38.3 Å². The van der Waals surface area contributed by atoms with E-state index in [0.29, 0.717) is 37.4 Å². The Morgan fingerprint density at radius 3 is 2.14 bits per heavy atom. The van der Waals surface area contributed by atoms with E-state index in [0.717, 1.165) is 11.1 Å². The number of carbonyl (C=O) groups is 2. The van der Waals surface area contributed by atoms with E-state index in [4.69, 9.17) is 16.3 Å². The summed E-state index contributed by atoms with van der Waals surface area (Å²) in [7, 11) is 0. The molecule has 7 nitrogen and oxygen atoms in total. The van der Waals surface area contributed by atoms with Gasteiger partial charge in [-0.25, -0.2) is 18.7 Å². The number of aryl methyl sites for hydroxylation is 1. The van der Waals surface area contributed by atoms with Crippen molar-refractivity contribution in [2.24, 2.45) is 0 Å². The number of hydrogen-bond acceptors (Lipinski definition) is 6. The number of aromatic nitrogens is 2. The van der Waals surface area contributed by atoms with Crippen molar-refractivity contribution in [1.82, 2.24) is 14.9 Å². The lowest BCUT2D eigenvalue weighted by molar-refractivity contribution is 0.0497. The Hall–Kier alpha value is -2.68. The zero-order chi connectivity index (χ0) is 30.6. The van der Waals surface area contributed by atoms with Gasteiger partial charge in [-0.3, -0.25) is 9.59 Å². The minimum absolute atomic E-state index is 0.126. The second kappa shape index (κ2) is 16.8. The lowest BCUT2D eigenvalue weighted by atomic mass is 10.0. The third-order valence-corrected chi connectivity index (χ3v) is 6.59. The molecular weight excluding hydrogens is 814 g/mol. The summed E-state index contributed by atoms with van der Waals surface area (Å²) >= 11 is 13.4. The van der Waals surface area contributed by atoms with Crippen LogP contribution in [0.2, 0.25) is 0 Å². The average Bonchev–Trinajstić information content (AvgIpc) is 2.97. The van der Waals surface area contributed by atoms with Crippen LogP contribution in [0.5, 0.6) is 11.5 Å². The number of halogens is 6. The van der Waals surface area contributed by atoms with Gasteiger partial charge < -0.3 is 14.7 Å². The molecule has 0 bridgehead atoms. The molecule has 0 radical (unpaired) electrons. The number of ketones is 1. The summed E-state index contributed by atoms with van der Waals surface area (Å²) in [6.07, 6.45) is 3.50. The highest BCUT2D eigenvalue weighted by Gasteiger charge is 2.26. The van der Waals surface area contributed by atoms with E-state index in [1.807, 2.05) is 0 Å². The molecule has 1 amide bonds. The molecule has 13 heteroatoms. The van der Waals surface area contributed by atoms with E-state index in [-0.39, 0.29) is 47.8 Å². The molecule has 220 valence electrons. The number of hydrogen-bond donors (Lipinski definition) is 1. The summed E-state index contributed by atoms with van der Waals surface area (Å²) in [5.74, 6) is -0.550. The molecule has 1 aliphatic heterocycles. The highest BCUT2D eigenvalue weighted by Crippen LogP contribution is 2.27. The lowest BCUT2D eigenvalue weighted by Crippen LogP contribution is -2.38. The van der Waals surface area contributed by atoms with Gasteiger partial charge in [-0.2, -0.15) is 0 Å². The van der Waals surface area contributed by atoms with Crippen molar-refractivity contribution in [3.8, 4) is 11.5 Å².